The van der Waals surface area contributed by atoms with Crippen LogP contribution in [0.4, 0.5) is 0 Å². The van der Waals surface area contributed by atoms with Crippen molar-refractivity contribution in [3.8, 4) is 0 Å². The molecular weight excluding hydrogens is 264 g/mol. The minimum Gasteiger partial charge on any atom is -0.0993 e. The van der Waals surface area contributed by atoms with E-state index < -0.39 is 0 Å². The largest absolute Gasteiger partial charge is 0.0993 e. The van der Waals surface area contributed by atoms with Gasteiger partial charge in [-0.25, -0.2) is 0 Å². The van der Waals surface area contributed by atoms with E-state index in [0.29, 0.717) is 27.1 Å². The molecule has 0 N–H and O–H groups in total. The van der Waals surface area contributed by atoms with Crippen LogP contribution in [-0.4, -0.2) is 0 Å². The maximum atomic E-state index is 4.54. The van der Waals surface area contributed by atoms with Gasteiger partial charge in [-0.05, 0) is 77.9 Å². The smallest absolute Gasteiger partial charge is 0.0113 e. The molecule has 4 fully saturated rings. The molecule has 6 atom stereocenters. The lowest BCUT2D eigenvalue weighted by atomic mass is 9.32. The zero-order chi connectivity index (χ0) is 16.0. The summed E-state index contributed by atoms with van der Waals surface area (Å²) in [4.78, 5) is 0. The monoisotopic (exact) mass is 300 g/mol. The van der Waals surface area contributed by atoms with Crippen LogP contribution < -0.4 is 0 Å². The molecule has 1 spiro atoms. The van der Waals surface area contributed by atoms with Crippen LogP contribution in [0.5, 0.6) is 0 Å². The Hall–Kier alpha value is -0.260. The quantitative estimate of drug-likeness (QED) is 0.434. The molecule has 4 aliphatic carbocycles. The highest BCUT2D eigenvalue weighted by atomic mass is 14.8. The first-order valence-electron chi connectivity index (χ1n) is 9.81. The molecule has 22 heavy (non-hydrogen) atoms. The molecule has 0 heteroatoms. The van der Waals surface area contributed by atoms with Gasteiger partial charge in [0.15, 0.2) is 0 Å². The average molecular weight is 301 g/mol. The SMILES string of the molecule is C=C1C[C@@]23CCC4(C)[C@@H](C)CCC[C@@]4(C)C2(C)CC[C@]1(C)C3. The Morgan fingerprint density at radius 2 is 1.64 bits per heavy atom. The molecule has 4 saturated carbocycles. The van der Waals surface area contributed by atoms with E-state index in [1.807, 2.05) is 0 Å². The first-order valence-corrected chi connectivity index (χ1v) is 9.81. The fraction of sp³-hybridized carbons (Fsp3) is 0.909. The first-order chi connectivity index (χ1) is 10.1. The summed E-state index contributed by atoms with van der Waals surface area (Å²) >= 11 is 0. The topological polar surface area (TPSA) is 0 Å². The van der Waals surface area contributed by atoms with Crippen LogP contribution in [0.15, 0.2) is 12.2 Å². The molecule has 4 rings (SSSR count). The molecule has 0 heterocycles. The molecule has 0 radical (unpaired) electrons. The molecule has 0 aromatic carbocycles. The molecule has 2 unspecified atom stereocenters. The van der Waals surface area contributed by atoms with Crippen LogP contribution >= 0.6 is 0 Å². The molecule has 124 valence electrons. The molecule has 0 aromatic rings. The van der Waals surface area contributed by atoms with Crippen LogP contribution in [0.1, 0.15) is 92.4 Å². The van der Waals surface area contributed by atoms with Crippen LogP contribution in [0, 0.1) is 33.0 Å². The second-order valence-corrected chi connectivity index (χ2v) is 10.7. The second-order valence-electron chi connectivity index (χ2n) is 10.7. The molecular formula is C22H36. The van der Waals surface area contributed by atoms with Crippen LogP contribution in [0.25, 0.3) is 0 Å². The standard InChI is InChI=1S/C22H36/c1-16-8-7-9-20(5)19(16,4)11-13-22-14-17(2)18(3,15-22)10-12-21(20,22)6/h16H,2,7-15H2,1,3-6H3/t16-,18+,19?,20+,21?,22+/m0/s1. The highest BCUT2D eigenvalue weighted by Gasteiger charge is 2.72. The lowest BCUT2D eigenvalue weighted by molar-refractivity contribution is -0.235. The average Bonchev–Trinajstić information content (AvgIpc) is 2.68. The van der Waals surface area contributed by atoms with Gasteiger partial charge in [-0.2, -0.15) is 0 Å². The number of hydrogen-bond acceptors (Lipinski definition) is 0. The van der Waals surface area contributed by atoms with Crippen molar-refractivity contribution in [1.29, 1.82) is 0 Å². The van der Waals surface area contributed by atoms with Gasteiger partial charge in [-0.3, -0.25) is 0 Å². The summed E-state index contributed by atoms with van der Waals surface area (Å²) in [6.07, 6.45) is 12.9. The Morgan fingerprint density at radius 1 is 0.909 bits per heavy atom. The summed E-state index contributed by atoms with van der Waals surface area (Å²) in [5.74, 6) is 0.901. The third-order valence-electron chi connectivity index (χ3n) is 10.5. The van der Waals surface area contributed by atoms with Gasteiger partial charge in [0, 0.05) is 0 Å². The molecule has 0 aromatic heterocycles. The van der Waals surface area contributed by atoms with Crippen molar-refractivity contribution in [2.45, 2.75) is 92.4 Å². The Balaban J connectivity index is 1.86. The van der Waals surface area contributed by atoms with E-state index in [9.17, 15) is 0 Å². The molecule has 0 saturated heterocycles. The van der Waals surface area contributed by atoms with Crippen molar-refractivity contribution in [3.05, 3.63) is 12.2 Å². The highest BCUT2D eigenvalue weighted by Crippen LogP contribution is 2.81. The summed E-state index contributed by atoms with van der Waals surface area (Å²) in [6.45, 7) is 17.7. The summed E-state index contributed by atoms with van der Waals surface area (Å²) in [6, 6.07) is 0. The van der Waals surface area contributed by atoms with E-state index in [-0.39, 0.29) is 0 Å². The van der Waals surface area contributed by atoms with Crippen molar-refractivity contribution in [2.24, 2.45) is 33.0 Å². The van der Waals surface area contributed by atoms with E-state index in [2.05, 4.69) is 41.2 Å². The van der Waals surface area contributed by atoms with Gasteiger partial charge in [0.25, 0.3) is 0 Å². The summed E-state index contributed by atoms with van der Waals surface area (Å²) in [5, 5.41) is 0. The molecule has 0 nitrogen and oxygen atoms in total. The Bertz CT molecular complexity index is 532. The Kier molecular flexibility index (Phi) is 2.80. The minimum absolute atomic E-state index is 0.462. The van der Waals surface area contributed by atoms with Gasteiger partial charge in [0.1, 0.15) is 0 Å². The van der Waals surface area contributed by atoms with Gasteiger partial charge in [0.05, 0.1) is 0 Å². The van der Waals surface area contributed by atoms with E-state index >= 15 is 0 Å². The second kappa shape index (κ2) is 4.04. The first kappa shape index (κ1) is 15.3. The van der Waals surface area contributed by atoms with E-state index in [0.717, 1.165) is 5.92 Å². The van der Waals surface area contributed by atoms with Crippen molar-refractivity contribution < 1.29 is 0 Å². The maximum Gasteiger partial charge on any atom is -0.0113 e. The fourth-order valence-corrected chi connectivity index (χ4v) is 8.15. The molecule has 0 aliphatic heterocycles. The number of allylic oxidation sites excluding steroid dienone is 1. The van der Waals surface area contributed by atoms with Crippen molar-refractivity contribution in [2.75, 3.05) is 0 Å². The Labute approximate surface area is 138 Å². The van der Waals surface area contributed by atoms with Gasteiger partial charge in [-0.1, -0.05) is 59.6 Å². The normalized spacial score (nSPS) is 60.8. The predicted molar refractivity (Wildman–Crippen MR) is 94.7 cm³/mol. The molecule has 4 aliphatic rings. The van der Waals surface area contributed by atoms with Gasteiger partial charge in [-0.15, -0.1) is 0 Å². The lowest BCUT2D eigenvalue weighted by Crippen LogP contribution is -2.64. The predicted octanol–water partition coefficient (Wildman–Crippen LogP) is 6.76. The maximum absolute atomic E-state index is 4.54. The van der Waals surface area contributed by atoms with Crippen LogP contribution in [0.2, 0.25) is 0 Å². The summed E-state index contributed by atoms with van der Waals surface area (Å²) in [5.41, 5.74) is 4.24. The van der Waals surface area contributed by atoms with Gasteiger partial charge in [0.2, 0.25) is 0 Å². The summed E-state index contributed by atoms with van der Waals surface area (Å²) in [7, 11) is 0. The Morgan fingerprint density at radius 3 is 2.36 bits per heavy atom. The van der Waals surface area contributed by atoms with Crippen LogP contribution in [-0.2, 0) is 0 Å². The third-order valence-corrected chi connectivity index (χ3v) is 10.5. The van der Waals surface area contributed by atoms with E-state index in [1.165, 1.54) is 57.8 Å². The highest BCUT2D eigenvalue weighted by molar-refractivity contribution is 5.30. The number of fused-ring (bicyclic) bond motifs is 3. The summed E-state index contributed by atoms with van der Waals surface area (Å²) < 4.78 is 0. The minimum atomic E-state index is 0.462. The van der Waals surface area contributed by atoms with E-state index in [1.54, 1.807) is 5.57 Å². The van der Waals surface area contributed by atoms with Crippen molar-refractivity contribution >= 4 is 0 Å². The third kappa shape index (κ3) is 1.39. The zero-order valence-corrected chi connectivity index (χ0v) is 15.6. The number of hydrogen-bond donors (Lipinski definition) is 0. The fourth-order valence-electron chi connectivity index (χ4n) is 8.15. The van der Waals surface area contributed by atoms with Crippen LogP contribution in [0.3, 0.4) is 0 Å². The van der Waals surface area contributed by atoms with Crippen molar-refractivity contribution in [3.63, 3.8) is 0 Å². The van der Waals surface area contributed by atoms with Gasteiger partial charge >= 0.3 is 0 Å². The molecule has 2 bridgehead atoms. The number of rotatable bonds is 0. The van der Waals surface area contributed by atoms with E-state index in [4.69, 9.17) is 0 Å². The lowest BCUT2D eigenvalue weighted by Gasteiger charge is -2.72. The van der Waals surface area contributed by atoms with Crippen molar-refractivity contribution in [1.82, 2.24) is 0 Å². The zero-order valence-electron chi connectivity index (χ0n) is 15.6. The molecule has 0 amide bonds. The van der Waals surface area contributed by atoms with Gasteiger partial charge < -0.3 is 0 Å².